The molecule has 0 unspecified atom stereocenters. The fourth-order valence-electron chi connectivity index (χ4n) is 2.21. The first-order valence-corrected chi connectivity index (χ1v) is 7.11. The Bertz CT molecular complexity index is 833. The van der Waals surface area contributed by atoms with Crippen molar-refractivity contribution in [2.75, 3.05) is 6.61 Å². The van der Waals surface area contributed by atoms with E-state index in [0.29, 0.717) is 22.7 Å². The third kappa shape index (κ3) is 3.22. The van der Waals surface area contributed by atoms with Crippen molar-refractivity contribution >= 4 is 34.8 Å². The number of benzene rings is 1. The van der Waals surface area contributed by atoms with Crippen LogP contribution in [-0.2, 0) is 0 Å². The van der Waals surface area contributed by atoms with Gasteiger partial charge in [-0.1, -0.05) is 11.6 Å². The van der Waals surface area contributed by atoms with E-state index in [1.807, 2.05) is 0 Å². The molecule has 2 heterocycles. The van der Waals surface area contributed by atoms with Crippen molar-refractivity contribution in [2.45, 2.75) is 6.42 Å². The highest BCUT2D eigenvalue weighted by molar-refractivity contribution is 6.33. The lowest BCUT2D eigenvalue weighted by Crippen LogP contribution is -2.19. The van der Waals surface area contributed by atoms with E-state index in [2.05, 4.69) is 9.98 Å². The van der Waals surface area contributed by atoms with Crippen molar-refractivity contribution in [3.05, 3.63) is 52.8 Å². The minimum atomic E-state index is -1.13. The Kier molecular flexibility index (Phi) is 4.08. The molecule has 23 heavy (non-hydrogen) atoms. The van der Waals surface area contributed by atoms with E-state index in [1.54, 1.807) is 18.3 Å². The van der Waals surface area contributed by atoms with Gasteiger partial charge in [-0.2, -0.15) is 0 Å². The largest absolute Gasteiger partial charge is 0.488 e. The number of ketones is 1. The molecule has 3 rings (SSSR count). The zero-order valence-corrected chi connectivity index (χ0v) is 12.6. The first kappa shape index (κ1) is 15.2. The van der Waals surface area contributed by atoms with Gasteiger partial charge in [0.1, 0.15) is 12.4 Å². The summed E-state index contributed by atoms with van der Waals surface area (Å²) in [6, 6.07) is 5.99. The van der Waals surface area contributed by atoms with Crippen LogP contribution in [0, 0.1) is 0 Å². The zero-order chi connectivity index (χ0) is 16.4. The molecule has 0 saturated carbocycles. The summed E-state index contributed by atoms with van der Waals surface area (Å²) in [7, 11) is 0. The number of Topliss-reactive ketones (excluding diaryl/α,β-unsaturated/α-hetero) is 1. The van der Waals surface area contributed by atoms with Crippen LogP contribution in [0.3, 0.4) is 0 Å². The first-order valence-electron chi connectivity index (χ1n) is 6.74. The van der Waals surface area contributed by atoms with Gasteiger partial charge in [-0.15, -0.1) is 0 Å². The second kappa shape index (κ2) is 6.18. The third-order valence-corrected chi connectivity index (χ3v) is 3.65. The van der Waals surface area contributed by atoms with Crippen LogP contribution in [0.5, 0.6) is 5.75 Å². The predicted octanol–water partition coefficient (Wildman–Crippen LogP) is 3.17. The van der Waals surface area contributed by atoms with Crippen molar-refractivity contribution in [3.8, 4) is 5.75 Å². The second-order valence-electron chi connectivity index (χ2n) is 4.91. The highest BCUT2D eigenvalue weighted by atomic mass is 35.5. The molecule has 2 aromatic rings. The Labute approximate surface area is 136 Å². The molecular formula is C16H11ClN2O4. The highest BCUT2D eigenvalue weighted by Gasteiger charge is 2.20. The summed E-state index contributed by atoms with van der Waals surface area (Å²) >= 11 is 5.80. The van der Waals surface area contributed by atoms with Crippen molar-refractivity contribution in [2.24, 2.45) is 4.99 Å². The van der Waals surface area contributed by atoms with Crippen LogP contribution in [0.25, 0.3) is 0 Å². The molecule has 1 N–H and O–H groups in total. The lowest BCUT2D eigenvalue weighted by molar-refractivity contribution is 0.0696. The number of aromatic carboxylic acids is 1. The number of hydrogen-bond donors (Lipinski definition) is 1. The van der Waals surface area contributed by atoms with Gasteiger partial charge in [-0.25, -0.2) is 4.79 Å². The minimum Gasteiger partial charge on any atom is -0.488 e. The van der Waals surface area contributed by atoms with E-state index in [4.69, 9.17) is 21.4 Å². The molecule has 6 nitrogen and oxygen atoms in total. The number of carboxylic acids is 1. The second-order valence-corrected chi connectivity index (χ2v) is 5.31. The number of halogens is 1. The number of pyridine rings is 1. The van der Waals surface area contributed by atoms with Crippen LogP contribution < -0.4 is 4.74 Å². The van der Waals surface area contributed by atoms with Crippen LogP contribution in [0.1, 0.15) is 27.1 Å². The summed E-state index contributed by atoms with van der Waals surface area (Å²) in [5, 5.41) is 9.17. The molecule has 0 atom stereocenters. The first-order chi connectivity index (χ1) is 11.0. The molecule has 1 aliphatic rings. The van der Waals surface area contributed by atoms with Crippen LogP contribution in [0.2, 0.25) is 5.02 Å². The van der Waals surface area contributed by atoms with Gasteiger partial charge in [0.25, 0.3) is 0 Å². The van der Waals surface area contributed by atoms with E-state index in [1.165, 1.54) is 18.3 Å². The number of fused-ring (bicyclic) bond motifs is 1. The molecule has 1 aromatic carbocycles. The Morgan fingerprint density at radius 2 is 2.17 bits per heavy atom. The monoisotopic (exact) mass is 330 g/mol. The molecule has 0 amide bonds. The fourth-order valence-corrected chi connectivity index (χ4v) is 2.41. The molecule has 1 aromatic heterocycles. The SMILES string of the molecule is O=C(O)c1cc(OCC2=Nc3cnccc3C(=O)C2)ccc1Cl. The molecule has 116 valence electrons. The Balaban J connectivity index is 1.77. The Morgan fingerprint density at radius 3 is 2.96 bits per heavy atom. The molecular weight excluding hydrogens is 320 g/mol. The van der Waals surface area contributed by atoms with Gasteiger partial charge in [0, 0.05) is 11.8 Å². The highest BCUT2D eigenvalue weighted by Crippen LogP contribution is 2.25. The molecule has 0 radical (unpaired) electrons. The molecule has 0 aliphatic carbocycles. The molecule has 0 fully saturated rings. The van der Waals surface area contributed by atoms with Gasteiger partial charge in [0.2, 0.25) is 0 Å². The number of hydrogen-bond acceptors (Lipinski definition) is 5. The Hall–Kier alpha value is -2.73. The predicted molar refractivity (Wildman–Crippen MR) is 84.2 cm³/mol. The average Bonchev–Trinajstić information content (AvgIpc) is 2.54. The van der Waals surface area contributed by atoms with Crippen LogP contribution >= 0.6 is 11.6 Å². The number of aliphatic imine (C=N–C) groups is 1. The van der Waals surface area contributed by atoms with Gasteiger partial charge in [-0.05, 0) is 24.3 Å². The zero-order valence-electron chi connectivity index (χ0n) is 11.8. The molecule has 7 heteroatoms. The normalized spacial score (nSPS) is 13.3. The van der Waals surface area contributed by atoms with E-state index in [0.717, 1.165) is 0 Å². The van der Waals surface area contributed by atoms with Crippen LogP contribution in [-0.4, -0.2) is 34.2 Å². The summed E-state index contributed by atoms with van der Waals surface area (Å²) < 4.78 is 5.53. The van der Waals surface area contributed by atoms with Crippen LogP contribution in [0.15, 0.2) is 41.7 Å². The number of carboxylic acid groups (broad SMARTS) is 1. The number of carbonyl (C=O) groups is 2. The summed E-state index contributed by atoms with van der Waals surface area (Å²) in [4.78, 5) is 31.4. The van der Waals surface area contributed by atoms with E-state index in [9.17, 15) is 9.59 Å². The van der Waals surface area contributed by atoms with Crippen molar-refractivity contribution in [1.82, 2.24) is 4.98 Å². The Morgan fingerprint density at radius 1 is 1.35 bits per heavy atom. The standard InChI is InChI=1S/C16H11ClN2O4/c17-13-2-1-10(6-12(13)16(21)22)23-8-9-5-15(20)11-3-4-18-7-14(11)19-9/h1-4,6-7H,5,8H2,(H,21,22). The number of carbonyl (C=O) groups excluding carboxylic acids is 1. The van der Waals surface area contributed by atoms with Crippen molar-refractivity contribution in [1.29, 1.82) is 0 Å². The van der Waals surface area contributed by atoms with Crippen LogP contribution in [0.4, 0.5) is 5.69 Å². The number of nitrogens with zero attached hydrogens (tertiary/aromatic N) is 2. The van der Waals surface area contributed by atoms with E-state index in [-0.39, 0.29) is 29.4 Å². The molecule has 0 saturated heterocycles. The van der Waals surface area contributed by atoms with Crippen molar-refractivity contribution < 1.29 is 19.4 Å². The maximum Gasteiger partial charge on any atom is 0.337 e. The quantitative estimate of drug-likeness (QED) is 0.930. The third-order valence-electron chi connectivity index (χ3n) is 3.32. The summed E-state index contributed by atoms with van der Waals surface area (Å²) in [5.41, 5.74) is 1.58. The average molecular weight is 331 g/mol. The van der Waals surface area contributed by atoms with Gasteiger partial charge in [-0.3, -0.25) is 14.8 Å². The lowest BCUT2D eigenvalue weighted by atomic mass is 10.0. The fraction of sp³-hybridized carbons (Fsp3) is 0.125. The maximum absolute atomic E-state index is 12.0. The summed E-state index contributed by atoms with van der Waals surface area (Å²) in [6.07, 6.45) is 3.24. The summed E-state index contributed by atoms with van der Waals surface area (Å²) in [5.74, 6) is -0.831. The van der Waals surface area contributed by atoms with Gasteiger partial charge < -0.3 is 9.84 Å². The van der Waals surface area contributed by atoms with Gasteiger partial charge in [0.05, 0.1) is 34.6 Å². The van der Waals surface area contributed by atoms with Gasteiger partial charge in [0.15, 0.2) is 5.78 Å². The number of rotatable bonds is 4. The molecule has 0 bridgehead atoms. The molecule has 0 spiro atoms. The number of aromatic nitrogens is 1. The topological polar surface area (TPSA) is 88.8 Å². The minimum absolute atomic E-state index is 0.0413. The number of ether oxygens (including phenoxy) is 1. The van der Waals surface area contributed by atoms with Crippen molar-refractivity contribution in [3.63, 3.8) is 0 Å². The lowest BCUT2D eigenvalue weighted by Gasteiger charge is -2.15. The molecule has 1 aliphatic heterocycles. The summed E-state index contributed by atoms with van der Waals surface area (Å²) in [6.45, 7) is 0.0841. The van der Waals surface area contributed by atoms with E-state index < -0.39 is 5.97 Å². The smallest absolute Gasteiger partial charge is 0.337 e. The van der Waals surface area contributed by atoms with Gasteiger partial charge >= 0.3 is 5.97 Å². The maximum atomic E-state index is 12.0. The van der Waals surface area contributed by atoms with E-state index >= 15 is 0 Å².